The van der Waals surface area contributed by atoms with E-state index in [0.717, 1.165) is 21.9 Å². The molecular weight excluding hydrogens is 440 g/mol. The van der Waals surface area contributed by atoms with Gasteiger partial charge in [0.05, 0.1) is 12.7 Å². The molecule has 0 atom stereocenters. The van der Waals surface area contributed by atoms with Crippen LogP contribution in [0.2, 0.25) is 0 Å². The summed E-state index contributed by atoms with van der Waals surface area (Å²) in [7, 11) is 4.72. The monoisotopic (exact) mass is 460 g/mol. The van der Waals surface area contributed by atoms with Crippen LogP contribution in [0.1, 0.15) is 19.8 Å². The van der Waals surface area contributed by atoms with Crippen LogP contribution >= 0.6 is 15.9 Å². The number of unbranched alkanes of at least 4 members (excludes halogenated alkanes) is 1. The Morgan fingerprint density at radius 3 is 2.59 bits per heavy atom. The molecule has 0 aliphatic heterocycles. The predicted octanol–water partition coefficient (Wildman–Crippen LogP) is 2.32. The SMILES string of the molecule is CCCCn1c2c(=O)n(C)c(=O)n(C)c2n2c(-c3cc(Br)ccc3OC)nnc12. The second-order valence-corrected chi connectivity index (χ2v) is 7.80. The van der Waals surface area contributed by atoms with Gasteiger partial charge in [0.2, 0.25) is 5.78 Å². The van der Waals surface area contributed by atoms with E-state index in [4.69, 9.17) is 4.74 Å². The third-order valence-electron chi connectivity index (χ3n) is 5.12. The van der Waals surface area contributed by atoms with Crippen LogP contribution in [0.3, 0.4) is 0 Å². The molecule has 0 fully saturated rings. The van der Waals surface area contributed by atoms with Gasteiger partial charge in [-0.15, -0.1) is 10.2 Å². The van der Waals surface area contributed by atoms with E-state index < -0.39 is 5.69 Å². The molecule has 0 aliphatic rings. The van der Waals surface area contributed by atoms with E-state index in [1.54, 1.807) is 18.6 Å². The number of nitrogens with zero attached hydrogens (tertiary/aromatic N) is 6. The van der Waals surface area contributed by atoms with Crippen LogP contribution in [0.5, 0.6) is 5.75 Å². The average Bonchev–Trinajstić information content (AvgIpc) is 3.27. The maximum Gasteiger partial charge on any atom is 0.332 e. The van der Waals surface area contributed by atoms with Crippen molar-refractivity contribution in [2.45, 2.75) is 26.3 Å². The third-order valence-corrected chi connectivity index (χ3v) is 5.61. The van der Waals surface area contributed by atoms with E-state index in [0.29, 0.717) is 40.6 Å². The third kappa shape index (κ3) is 2.81. The number of ether oxygens (including phenoxy) is 1. The number of benzene rings is 1. The molecule has 0 spiro atoms. The first-order valence-electron chi connectivity index (χ1n) is 9.28. The second kappa shape index (κ2) is 7.18. The molecule has 0 aliphatic carbocycles. The lowest BCUT2D eigenvalue weighted by atomic mass is 10.2. The second-order valence-electron chi connectivity index (χ2n) is 6.89. The largest absolute Gasteiger partial charge is 0.496 e. The normalized spacial score (nSPS) is 11.6. The Morgan fingerprint density at radius 1 is 1.14 bits per heavy atom. The Bertz CT molecular complexity index is 1360. The minimum atomic E-state index is -0.405. The van der Waals surface area contributed by atoms with Gasteiger partial charge in [-0.3, -0.25) is 13.9 Å². The number of hydrogen-bond acceptors (Lipinski definition) is 5. The zero-order chi connectivity index (χ0) is 20.9. The number of halogens is 1. The van der Waals surface area contributed by atoms with Crippen LogP contribution in [-0.4, -0.2) is 35.4 Å². The van der Waals surface area contributed by atoms with E-state index in [2.05, 4.69) is 33.1 Å². The Labute approximate surface area is 174 Å². The molecule has 152 valence electrons. The summed E-state index contributed by atoms with van der Waals surface area (Å²) in [6.07, 6.45) is 1.83. The zero-order valence-electron chi connectivity index (χ0n) is 16.6. The molecule has 3 heterocycles. The van der Waals surface area contributed by atoms with Crippen molar-refractivity contribution in [2.24, 2.45) is 14.1 Å². The smallest absolute Gasteiger partial charge is 0.332 e. The number of methoxy groups -OCH3 is 1. The van der Waals surface area contributed by atoms with Crippen LogP contribution in [0.25, 0.3) is 28.3 Å². The summed E-state index contributed by atoms with van der Waals surface area (Å²) in [4.78, 5) is 25.7. The van der Waals surface area contributed by atoms with Gasteiger partial charge >= 0.3 is 5.69 Å². The number of imidazole rings is 1. The predicted molar refractivity (Wildman–Crippen MR) is 114 cm³/mol. The lowest BCUT2D eigenvalue weighted by molar-refractivity contribution is 0.416. The fourth-order valence-corrected chi connectivity index (χ4v) is 3.97. The van der Waals surface area contributed by atoms with Gasteiger partial charge in [-0.05, 0) is 24.6 Å². The number of fused-ring (bicyclic) bond motifs is 3. The van der Waals surface area contributed by atoms with Crippen molar-refractivity contribution in [3.05, 3.63) is 43.5 Å². The van der Waals surface area contributed by atoms with E-state index in [1.807, 2.05) is 22.8 Å². The highest BCUT2D eigenvalue weighted by Crippen LogP contribution is 2.33. The first kappa shape index (κ1) is 19.4. The van der Waals surface area contributed by atoms with Gasteiger partial charge in [0.15, 0.2) is 17.0 Å². The van der Waals surface area contributed by atoms with Crippen molar-refractivity contribution in [3.63, 3.8) is 0 Å². The van der Waals surface area contributed by atoms with Gasteiger partial charge in [0.1, 0.15) is 5.75 Å². The fourth-order valence-electron chi connectivity index (χ4n) is 3.61. The van der Waals surface area contributed by atoms with Crippen molar-refractivity contribution in [3.8, 4) is 17.1 Å². The van der Waals surface area contributed by atoms with E-state index in [1.165, 1.54) is 11.6 Å². The van der Waals surface area contributed by atoms with Crippen LogP contribution in [0.4, 0.5) is 0 Å². The lowest BCUT2D eigenvalue weighted by Crippen LogP contribution is -2.37. The van der Waals surface area contributed by atoms with Gasteiger partial charge < -0.3 is 9.30 Å². The number of aryl methyl sites for hydroxylation is 2. The topological polar surface area (TPSA) is 88.4 Å². The summed E-state index contributed by atoms with van der Waals surface area (Å²) in [5.74, 6) is 1.64. The lowest BCUT2D eigenvalue weighted by Gasteiger charge is -2.09. The highest BCUT2D eigenvalue weighted by atomic mass is 79.9. The fraction of sp³-hybridized carbons (Fsp3) is 0.368. The molecule has 0 N–H and O–H groups in total. The zero-order valence-corrected chi connectivity index (χ0v) is 18.2. The highest BCUT2D eigenvalue weighted by molar-refractivity contribution is 9.10. The maximum absolute atomic E-state index is 13.0. The van der Waals surface area contributed by atoms with Crippen molar-refractivity contribution >= 4 is 32.9 Å². The Balaban J connectivity index is 2.21. The summed E-state index contributed by atoms with van der Waals surface area (Å²) in [6.45, 7) is 2.68. The molecule has 29 heavy (non-hydrogen) atoms. The molecule has 0 bridgehead atoms. The average molecular weight is 461 g/mol. The molecule has 0 unspecified atom stereocenters. The Hall–Kier alpha value is -2.88. The quantitative estimate of drug-likeness (QED) is 0.455. The minimum absolute atomic E-state index is 0.350. The van der Waals surface area contributed by atoms with Crippen molar-refractivity contribution < 1.29 is 4.74 Å². The molecule has 3 aromatic heterocycles. The summed E-state index contributed by atoms with van der Waals surface area (Å²) in [6, 6.07) is 5.58. The molecular formula is C19H21BrN6O3. The molecule has 0 saturated carbocycles. The highest BCUT2D eigenvalue weighted by Gasteiger charge is 2.25. The Kier molecular flexibility index (Phi) is 4.81. The molecule has 0 saturated heterocycles. The molecule has 4 aromatic rings. The number of hydrogen-bond donors (Lipinski definition) is 0. The number of rotatable bonds is 5. The van der Waals surface area contributed by atoms with Crippen LogP contribution in [-0.2, 0) is 20.6 Å². The van der Waals surface area contributed by atoms with Crippen molar-refractivity contribution in [1.29, 1.82) is 0 Å². The molecule has 0 radical (unpaired) electrons. The summed E-state index contributed by atoms with van der Waals surface area (Å²) < 4.78 is 12.6. The molecule has 9 nitrogen and oxygen atoms in total. The van der Waals surface area contributed by atoms with Crippen LogP contribution < -0.4 is 16.0 Å². The summed E-state index contributed by atoms with van der Waals surface area (Å²) >= 11 is 3.48. The van der Waals surface area contributed by atoms with Crippen molar-refractivity contribution in [2.75, 3.05) is 7.11 Å². The van der Waals surface area contributed by atoms with E-state index in [9.17, 15) is 9.59 Å². The van der Waals surface area contributed by atoms with Crippen LogP contribution in [0.15, 0.2) is 32.3 Å². The van der Waals surface area contributed by atoms with Crippen molar-refractivity contribution in [1.82, 2.24) is 28.3 Å². The molecule has 4 rings (SSSR count). The number of aromatic nitrogens is 6. The first-order chi connectivity index (χ1) is 13.9. The van der Waals surface area contributed by atoms with Gasteiger partial charge in [-0.1, -0.05) is 29.3 Å². The van der Waals surface area contributed by atoms with Gasteiger partial charge in [-0.2, -0.15) is 0 Å². The summed E-state index contributed by atoms with van der Waals surface area (Å²) in [5, 5.41) is 8.76. The van der Waals surface area contributed by atoms with Gasteiger partial charge in [-0.25, -0.2) is 9.20 Å². The van der Waals surface area contributed by atoms with Gasteiger partial charge in [0.25, 0.3) is 5.56 Å². The minimum Gasteiger partial charge on any atom is -0.496 e. The first-order valence-corrected chi connectivity index (χ1v) is 10.1. The molecule has 10 heteroatoms. The molecule has 0 amide bonds. The van der Waals surface area contributed by atoms with E-state index in [-0.39, 0.29) is 5.56 Å². The molecule has 1 aromatic carbocycles. The summed E-state index contributed by atoms with van der Waals surface area (Å²) in [5.41, 5.74) is 0.848. The standard InChI is InChI=1S/C19H21BrN6O3/c1-5-6-9-25-14-16(23(2)19(28)24(3)17(14)27)26-15(21-22-18(25)26)12-10-11(20)7-8-13(12)29-4/h7-8,10H,5-6,9H2,1-4H3. The Morgan fingerprint density at radius 2 is 1.90 bits per heavy atom. The maximum atomic E-state index is 13.0. The van der Waals surface area contributed by atoms with Crippen LogP contribution in [0, 0.1) is 0 Å². The van der Waals surface area contributed by atoms with Gasteiger partial charge in [0, 0.05) is 25.1 Å². The van der Waals surface area contributed by atoms with E-state index >= 15 is 0 Å².